The molecule has 0 fully saturated rings. The predicted octanol–water partition coefficient (Wildman–Crippen LogP) is 2.15. The molecule has 1 atom stereocenters. The molecular weight excluding hydrogens is 226 g/mol. The maximum absolute atomic E-state index is 6.24. The molecule has 0 amide bonds. The van der Waals surface area contributed by atoms with Crippen LogP contribution in [0.2, 0.25) is 0 Å². The Labute approximate surface area is 107 Å². The number of aryl methyl sites for hydroxylation is 1. The molecule has 0 spiro atoms. The lowest BCUT2D eigenvalue weighted by molar-refractivity contribution is 0.414. The summed E-state index contributed by atoms with van der Waals surface area (Å²) in [6, 6.07) is 9.94. The van der Waals surface area contributed by atoms with Gasteiger partial charge in [-0.1, -0.05) is 12.1 Å². The minimum Gasteiger partial charge on any atom is -0.497 e. The van der Waals surface area contributed by atoms with E-state index in [0.29, 0.717) is 0 Å². The lowest BCUT2D eigenvalue weighted by Crippen LogP contribution is -2.18. The summed E-state index contributed by atoms with van der Waals surface area (Å²) in [5.74, 6) is 0.865. The van der Waals surface area contributed by atoms with Gasteiger partial charge >= 0.3 is 0 Å². The summed E-state index contributed by atoms with van der Waals surface area (Å²) in [7, 11) is 1.67. The fourth-order valence-corrected chi connectivity index (χ4v) is 2.08. The van der Waals surface area contributed by atoms with Crippen LogP contribution in [0.5, 0.6) is 5.75 Å². The molecule has 0 aliphatic rings. The van der Waals surface area contributed by atoms with Crippen LogP contribution >= 0.6 is 0 Å². The summed E-state index contributed by atoms with van der Waals surface area (Å²) in [5.41, 5.74) is 8.48. The number of rotatable bonds is 5. The summed E-state index contributed by atoms with van der Waals surface area (Å²) in [6.45, 7) is 2.91. The molecule has 1 unspecified atom stereocenters. The molecule has 0 aliphatic carbocycles. The van der Waals surface area contributed by atoms with E-state index < -0.39 is 0 Å². The highest BCUT2D eigenvalue weighted by Gasteiger charge is 2.12. The Morgan fingerprint density at radius 2 is 2.22 bits per heavy atom. The van der Waals surface area contributed by atoms with E-state index in [1.807, 2.05) is 28.9 Å². The van der Waals surface area contributed by atoms with Gasteiger partial charge in [-0.15, -0.1) is 0 Å². The van der Waals surface area contributed by atoms with Crippen LogP contribution in [0.1, 0.15) is 24.2 Å². The smallest absolute Gasteiger partial charge is 0.119 e. The molecule has 2 rings (SSSR count). The summed E-state index contributed by atoms with van der Waals surface area (Å²) >= 11 is 0. The molecule has 1 aromatic carbocycles. The number of methoxy groups -OCH3 is 1. The first-order valence-corrected chi connectivity index (χ1v) is 6.14. The Hall–Kier alpha value is -1.81. The van der Waals surface area contributed by atoms with E-state index in [1.54, 1.807) is 13.3 Å². The van der Waals surface area contributed by atoms with Crippen LogP contribution < -0.4 is 10.5 Å². The summed E-state index contributed by atoms with van der Waals surface area (Å²) in [6.07, 6.45) is 2.58. The summed E-state index contributed by atoms with van der Waals surface area (Å²) in [4.78, 5) is 0. The highest BCUT2D eigenvalue weighted by Crippen LogP contribution is 2.19. The van der Waals surface area contributed by atoms with Crippen molar-refractivity contribution in [1.82, 2.24) is 9.78 Å². The third kappa shape index (κ3) is 2.71. The molecule has 96 valence electrons. The van der Waals surface area contributed by atoms with Gasteiger partial charge in [0.25, 0.3) is 0 Å². The quantitative estimate of drug-likeness (QED) is 0.878. The molecule has 0 radical (unpaired) electrons. The van der Waals surface area contributed by atoms with Crippen LogP contribution in [0, 0.1) is 0 Å². The number of nitrogens with two attached hydrogens (primary N) is 1. The minimum absolute atomic E-state index is 0.0421. The topological polar surface area (TPSA) is 53.1 Å². The predicted molar refractivity (Wildman–Crippen MR) is 71.5 cm³/mol. The van der Waals surface area contributed by atoms with Crippen LogP contribution in [-0.4, -0.2) is 16.9 Å². The zero-order chi connectivity index (χ0) is 13.0. The van der Waals surface area contributed by atoms with Crippen molar-refractivity contribution < 1.29 is 4.74 Å². The number of hydrogen-bond donors (Lipinski definition) is 1. The molecule has 0 bridgehead atoms. The third-order valence-electron chi connectivity index (χ3n) is 3.02. The van der Waals surface area contributed by atoms with Gasteiger partial charge in [-0.25, -0.2) is 0 Å². The molecule has 0 saturated heterocycles. The Balaban J connectivity index is 2.13. The van der Waals surface area contributed by atoms with Crippen LogP contribution in [-0.2, 0) is 13.0 Å². The number of aromatic nitrogens is 2. The van der Waals surface area contributed by atoms with Gasteiger partial charge in [-0.2, -0.15) is 5.10 Å². The third-order valence-corrected chi connectivity index (χ3v) is 3.02. The van der Waals surface area contributed by atoms with E-state index >= 15 is 0 Å². The molecule has 1 heterocycles. The van der Waals surface area contributed by atoms with Gasteiger partial charge < -0.3 is 10.5 Å². The number of benzene rings is 1. The van der Waals surface area contributed by atoms with E-state index in [4.69, 9.17) is 10.5 Å². The monoisotopic (exact) mass is 245 g/mol. The van der Waals surface area contributed by atoms with E-state index in [9.17, 15) is 0 Å². The van der Waals surface area contributed by atoms with Crippen molar-refractivity contribution >= 4 is 0 Å². The molecule has 4 heteroatoms. The second-order valence-corrected chi connectivity index (χ2v) is 4.23. The Bertz CT molecular complexity index is 507. The molecule has 4 nitrogen and oxygen atoms in total. The lowest BCUT2D eigenvalue weighted by Gasteiger charge is -2.14. The standard InChI is InChI=1S/C14H19N3O/c1-3-17-14(7-8-16-17)13(15)10-11-5-4-6-12(9-11)18-2/h4-9,13H,3,10,15H2,1-2H3. The van der Waals surface area contributed by atoms with Crippen molar-refractivity contribution in [3.05, 3.63) is 47.8 Å². The van der Waals surface area contributed by atoms with Crippen molar-refractivity contribution in [2.75, 3.05) is 7.11 Å². The first-order valence-electron chi connectivity index (χ1n) is 6.14. The van der Waals surface area contributed by atoms with Crippen molar-refractivity contribution in [3.8, 4) is 5.75 Å². The van der Waals surface area contributed by atoms with Gasteiger partial charge in [0.05, 0.1) is 18.8 Å². The van der Waals surface area contributed by atoms with Gasteiger partial charge in [0.15, 0.2) is 0 Å². The molecule has 18 heavy (non-hydrogen) atoms. The van der Waals surface area contributed by atoms with Crippen LogP contribution in [0.3, 0.4) is 0 Å². The summed E-state index contributed by atoms with van der Waals surface area (Å²) < 4.78 is 7.15. The molecule has 2 aromatic rings. The SMILES string of the molecule is CCn1nccc1C(N)Cc1cccc(OC)c1. The Morgan fingerprint density at radius 3 is 2.94 bits per heavy atom. The van der Waals surface area contributed by atoms with Gasteiger partial charge in [0, 0.05) is 12.7 Å². The first kappa shape index (κ1) is 12.6. The van der Waals surface area contributed by atoms with E-state index in [0.717, 1.165) is 24.4 Å². The second kappa shape index (κ2) is 5.69. The minimum atomic E-state index is -0.0421. The first-order chi connectivity index (χ1) is 8.74. The molecule has 0 saturated carbocycles. The van der Waals surface area contributed by atoms with Crippen LogP contribution in [0.25, 0.3) is 0 Å². The van der Waals surface area contributed by atoms with Gasteiger partial charge in [0.2, 0.25) is 0 Å². The highest BCUT2D eigenvalue weighted by molar-refractivity contribution is 5.29. The zero-order valence-electron chi connectivity index (χ0n) is 10.8. The average Bonchev–Trinajstić information content (AvgIpc) is 2.87. The molecule has 2 N–H and O–H groups in total. The summed E-state index contributed by atoms with van der Waals surface area (Å²) in [5, 5.41) is 4.24. The number of hydrogen-bond acceptors (Lipinski definition) is 3. The van der Waals surface area contributed by atoms with Gasteiger partial charge in [0.1, 0.15) is 5.75 Å². The second-order valence-electron chi connectivity index (χ2n) is 4.23. The van der Waals surface area contributed by atoms with E-state index in [-0.39, 0.29) is 6.04 Å². The van der Waals surface area contributed by atoms with Crippen LogP contribution in [0.15, 0.2) is 36.5 Å². The molecular formula is C14H19N3O. The fourth-order valence-electron chi connectivity index (χ4n) is 2.08. The maximum Gasteiger partial charge on any atom is 0.119 e. The van der Waals surface area contributed by atoms with E-state index in [1.165, 1.54) is 5.56 Å². The Kier molecular flexibility index (Phi) is 3.99. The highest BCUT2D eigenvalue weighted by atomic mass is 16.5. The fraction of sp³-hybridized carbons (Fsp3) is 0.357. The number of nitrogens with zero attached hydrogens (tertiary/aromatic N) is 2. The van der Waals surface area contributed by atoms with Gasteiger partial charge in [-0.3, -0.25) is 4.68 Å². The number of ether oxygens (including phenoxy) is 1. The van der Waals surface area contributed by atoms with Crippen molar-refractivity contribution in [2.45, 2.75) is 25.9 Å². The van der Waals surface area contributed by atoms with Crippen molar-refractivity contribution in [2.24, 2.45) is 5.73 Å². The Morgan fingerprint density at radius 1 is 1.39 bits per heavy atom. The normalized spacial score (nSPS) is 12.4. The largest absolute Gasteiger partial charge is 0.497 e. The lowest BCUT2D eigenvalue weighted by atomic mass is 10.0. The van der Waals surface area contributed by atoms with Gasteiger partial charge in [-0.05, 0) is 37.1 Å². The van der Waals surface area contributed by atoms with Crippen LogP contribution in [0.4, 0.5) is 0 Å². The van der Waals surface area contributed by atoms with E-state index in [2.05, 4.69) is 18.1 Å². The zero-order valence-corrected chi connectivity index (χ0v) is 10.8. The molecule has 0 aliphatic heterocycles. The van der Waals surface area contributed by atoms with Crippen molar-refractivity contribution in [3.63, 3.8) is 0 Å². The molecule has 1 aromatic heterocycles. The maximum atomic E-state index is 6.24. The van der Waals surface area contributed by atoms with Crippen molar-refractivity contribution in [1.29, 1.82) is 0 Å². The average molecular weight is 245 g/mol.